The van der Waals surface area contributed by atoms with Crippen LogP contribution in [0.2, 0.25) is 0 Å². The van der Waals surface area contributed by atoms with Gasteiger partial charge in [-0.15, -0.1) is 0 Å². The zero-order valence-corrected chi connectivity index (χ0v) is 13.1. The molecule has 0 fully saturated rings. The molecular formula is C11H16BrN3O3S. The first-order valence-corrected chi connectivity index (χ1v) is 7.87. The normalized spacial score (nSPS) is 11.6. The molecule has 106 valence electrons. The minimum atomic E-state index is -3.31. The molecule has 6 nitrogen and oxygen atoms in total. The Morgan fingerprint density at radius 1 is 1.42 bits per heavy atom. The summed E-state index contributed by atoms with van der Waals surface area (Å²) in [5.74, 6) is -0.515. The second-order valence-corrected chi connectivity index (χ2v) is 7.25. The lowest BCUT2D eigenvalue weighted by Gasteiger charge is -2.12. The molecule has 1 aromatic carbocycles. The van der Waals surface area contributed by atoms with Gasteiger partial charge < -0.3 is 11.1 Å². The van der Waals surface area contributed by atoms with Crippen molar-refractivity contribution in [2.24, 2.45) is 0 Å². The van der Waals surface area contributed by atoms with E-state index in [1.54, 1.807) is 12.1 Å². The van der Waals surface area contributed by atoms with E-state index in [2.05, 4.69) is 21.2 Å². The van der Waals surface area contributed by atoms with Gasteiger partial charge in [-0.3, -0.25) is 4.79 Å². The molecule has 3 N–H and O–H groups in total. The first-order valence-electron chi connectivity index (χ1n) is 5.47. The summed E-state index contributed by atoms with van der Waals surface area (Å²) in [4.78, 5) is 11.9. The molecule has 0 heterocycles. The van der Waals surface area contributed by atoms with E-state index in [1.807, 2.05) is 0 Å². The van der Waals surface area contributed by atoms with Gasteiger partial charge in [0.15, 0.2) is 0 Å². The monoisotopic (exact) mass is 349 g/mol. The van der Waals surface area contributed by atoms with Crippen LogP contribution in [-0.4, -0.2) is 45.0 Å². The first kappa shape index (κ1) is 15.9. The molecule has 1 rings (SSSR count). The summed E-state index contributed by atoms with van der Waals surface area (Å²) in [6.45, 7) is 0.0422. The summed E-state index contributed by atoms with van der Waals surface area (Å²) < 4.78 is 24.8. The number of carbonyl (C=O) groups is 1. The molecule has 0 aliphatic carbocycles. The summed E-state index contributed by atoms with van der Waals surface area (Å²) >= 11 is 3.24. The van der Waals surface area contributed by atoms with E-state index in [9.17, 15) is 13.2 Å². The molecule has 1 amide bonds. The first-order chi connectivity index (χ1) is 8.74. The average molecular weight is 350 g/mol. The van der Waals surface area contributed by atoms with Crippen molar-refractivity contribution in [3.05, 3.63) is 28.2 Å². The molecule has 0 saturated carbocycles. The standard InChI is InChI=1S/C11H16BrN3O3S/c1-15(2)19(17,18)6-5-14-11(16)9-7-8(13)3-4-10(9)12/h3-4,7H,5-6,13H2,1-2H3,(H,14,16). The summed E-state index contributed by atoms with van der Waals surface area (Å²) in [6, 6.07) is 4.86. The molecule has 8 heteroatoms. The van der Waals surface area contributed by atoms with Crippen molar-refractivity contribution in [3.63, 3.8) is 0 Å². The van der Waals surface area contributed by atoms with Crippen molar-refractivity contribution >= 4 is 37.5 Å². The summed E-state index contributed by atoms with van der Waals surface area (Å²) in [5.41, 5.74) is 6.44. The number of nitrogen functional groups attached to an aromatic ring is 1. The number of rotatable bonds is 5. The van der Waals surface area contributed by atoms with Gasteiger partial charge in [0.1, 0.15) is 0 Å². The van der Waals surface area contributed by atoms with Crippen molar-refractivity contribution in [2.75, 3.05) is 32.1 Å². The SMILES string of the molecule is CN(C)S(=O)(=O)CCNC(=O)c1cc(N)ccc1Br. The molecule has 0 bridgehead atoms. The highest BCUT2D eigenvalue weighted by atomic mass is 79.9. The summed E-state index contributed by atoms with van der Waals surface area (Å²) in [5, 5.41) is 2.55. The largest absolute Gasteiger partial charge is 0.399 e. The van der Waals surface area contributed by atoms with Crippen LogP contribution >= 0.6 is 15.9 Å². The van der Waals surface area contributed by atoms with E-state index in [4.69, 9.17) is 5.73 Å². The third-order valence-corrected chi connectivity index (χ3v) is 4.96. The molecule has 1 aromatic rings. The fourth-order valence-electron chi connectivity index (χ4n) is 1.29. The predicted octanol–water partition coefficient (Wildman–Crippen LogP) is 0.653. The van der Waals surface area contributed by atoms with E-state index in [0.29, 0.717) is 15.7 Å². The van der Waals surface area contributed by atoms with Gasteiger partial charge in [-0.25, -0.2) is 12.7 Å². The van der Waals surface area contributed by atoms with Crippen molar-refractivity contribution in [1.29, 1.82) is 0 Å². The van der Waals surface area contributed by atoms with Crippen molar-refractivity contribution < 1.29 is 13.2 Å². The molecule has 0 radical (unpaired) electrons. The summed E-state index contributed by atoms with van der Waals surface area (Å²) in [6.07, 6.45) is 0. The zero-order valence-electron chi connectivity index (χ0n) is 10.7. The number of nitrogens with one attached hydrogen (secondary N) is 1. The number of nitrogens with zero attached hydrogens (tertiary/aromatic N) is 1. The van der Waals surface area contributed by atoms with Crippen LogP contribution < -0.4 is 11.1 Å². The molecule has 0 aliphatic heterocycles. The summed E-state index contributed by atoms with van der Waals surface area (Å²) in [7, 11) is -0.412. The molecule has 0 atom stereocenters. The van der Waals surface area contributed by atoms with Crippen LogP contribution in [0.4, 0.5) is 5.69 Å². The fourth-order valence-corrected chi connectivity index (χ4v) is 2.44. The van der Waals surface area contributed by atoms with E-state index >= 15 is 0 Å². The Bertz CT molecular complexity index is 573. The van der Waals surface area contributed by atoms with Gasteiger partial charge in [-0.2, -0.15) is 0 Å². The van der Waals surface area contributed by atoms with E-state index in [-0.39, 0.29) is 18.2 Å². The predicted molar refractivity (Wildman–Crippen MR) is 78.4 cm³/mol. The Hall–Kier alpha value is -1.12. The molecule has 0 spiro atoms. The maximum Gasteiger partial charge on any atom is 0.252 e. The van der Waals surface area contributed by atoms with Gasteiger partial charge in [0, 0.05) is 30.8 Å². The van der Waals surface area contributed by atoms with Crippen LogP contribution in [0.1, 0.15) is 10.4 Å². The number of carbonyl (C=O) groups excluding carboxylic acids is 1. The lowest BCUT2D eigenvalue weighted by Crippen LogP contribution is -2.34. The maximum atomic E-state index is 11.9. The number of benzene rings is 1. The highest BCUT2D eigenvalue weighted by molar-refractivity contribution is 9.10. The maximum absolute atomic E-state index is 11.9. The van der Waals surface area contributed by atoms with Crippen LogP contribution in [0.15, 0.2) is 22.7 Å². The number of sulfonamides is 1. The van der Waals surface area contributed by atoms with Gasteiger partial charge in [0.25, 0.3) is 5.91 Å². The molecule has 0 aromatic heterocycles. The van der Waals surface area contributed by atoms with Gasteiger partial charge >= 0.3 is 0 Å². The number of anilines is 1. The molecular weight excluding hydrogens is 334 g/mol. The number of nitrogens with two attached hydrogens (primary N) is 1. The van der Waals surface area contributed by atoms with Crippen molar-refractivity contribution in [1.82, 2.24) is 9.62 Å². The number of hydrogen-bond donors (Lipinski definition) is 2. The lowest BCUT2D eigenvalue weighted by atomic mass is 10.2. The van der Waals surface area contributed by atoms with Gasteiger partial charge in [0.2, 0.25) is 10.0 Å². The van der Waals surface area contributed by atoms with Crippen LogP contribution in [0.5, 0.6) is 0 Å². The third-order valence-electron chi connectivity index (χ3n) is 2.44. The van der Waals surface area contributed by atoms with Crippen molar-refractivity contribution in [3.8, 4) is 0 Å². The van der Waals surface area contributed by atoms with Gasteiger partial charge in [-0.05, 0) is 34.1 Å². The van der Waals surface area contributed by atoms with E-state index in [1.165, 1.54) is 20.2 Å². The highest BCUT2D eigenvalue weighted by Crippen LogP contribution is 2.19. The van der Waals surface area contributed by atoms with Gasteiger partial charge in [0.05, 0.1) is 11.3 Å². The topological polar surface area (TPSA) is 92.5 Å². The van der Waals surface area contributed by atoms with Crippen LogP contribution in [0, 0.1) is 0 Å². The Morgan fingerprint density at radius 2 is 2.05 bits per heavy atom. The van der Waals surface area contributed by atoms with E-state index in [0.717, 1.165) is 4.31 Å². The highest BCUT2D eigenvalue weighted by Gasteiger charge is 2.15. The quantitative estimate of drug-likeness (QED) is 0.763. The molecule has 0 saturated heterocycles. The smallest absolute Gasteiger partial charge is 0.252 e. The Morgan fingerprint density at radius 3 is 2.63 bits per heavy atom. The van der Waals surface area contributed by atoms with Crippen LogP contribution in [0.25, 0.3) is 0 Å². The van der Waals surface area contributed by atoms with Crippen LogP contribution in [0.3, 0.4) is 0 Å². The minimum Gasteiger partial charge on any atom is -0.399 e. The van der Waals surface area contributed by atoms with Crippen LogP contribution in [-0.2, 0) is 10.0 Å². The number of amides is 1. The molecule has 19 heavy (non-hydrogen) atoms. The lowest BCUT2D eigenvalue weighted by molar-refractivity contribution is 0.0955. The Balaban J connectivity index is 2.64. The van der Waals surface area contributed by atoms with Crippen molar-refractivity contribution in [2.45, 2.75) is 0 Å². The fraction of sp³-hybridized carbons (Fsp3) is 0.364. The second-order valence-electron chi connectivity index (χ2n) is 4.09. The number of halogens is 1. The molecule has 0 aliphatic rings. The van der Waals surface area contributed by atoms with Gasteiger partial charge in [-0.1, -0.05) is 0 Å². The molecule has 0 unspecified atom stereocenters. The minimum absolute atomic E-state index is 0.0422. The Kier molecular flexibility index (Phi) is 5.33. The zero-order chi connectivity index (χ0) is 14.6. The second kappa shape index (κ2) is 6.36. The van der Waals surface area contributed by atoms with E-state index < -0.39 is 10.0 Å². The average Bonchev–Trinajstić information content (AvgIpc) is 2.31. The number of hydrogen-bond acceptors (Lipinski definition) is 4. The third kappa shape index (κ3) is 4.48. The Labute approximate surface area is 121 Å².